The summed E-state index contributed by atoms with van der Waals surface area (Å²) in [6.45, 7) is 0. The zero-order valence-electron chi connectivity index (χ0n) is 7.01. The number of aromatic amines is 1. The third kappa shape index (κ3) is 2.03. The number of aliphatic hydroxyl groups excluding tert-OH is 2. The molecular formula is C7H9ClN2O4. The highest BCUT2D eigenvalue weighted by Crippen LogP contribution is 2.19. The van der Waals surface area contributed by atoms with Gasteiger partial charge in [0.25, 0.3) is 0 Å². The van der Waals surface area contributed by atoms with Crippen molar-refractivity contribution in [3.05, 3.63) is 17.5 Å². The number of halogens is 1. The van der Waals surface area contributed by atoms with Crippen molar-refractivity contribution in [1.82, 2.24) is 10.2 Å². The normalized spacial score (nSPS) is 15.1. The Hall–Kier alpha value is -1.11. The fourth-order valence-corrected chi connectivity index (χ4v) is 1.15. The Morgan fingerprint density at radius 1 is 1.64 bits per heavy atom. The lowest BCUT2D eigenvalue weighted by atomic mass is 10.1. The first-order chi connectivity index (χ1) is 6.57. The van der Waals surface area contributed by atoms with E-state index in [9.17, 15) is 15.0 Å². The predicted octanol–water partition coefficient (Wildman–Crippen LogP) is -0.259. The first-order valence-electron chi connectivity index (χ1n) is 3.76. The lowest BCUT2D eigenvalue weighted by Gasteiger charge is -2.13. The van der Waals surface area contributed by atoms with Gasteiger partial charge in [0.2, 0.25) is 0 Å². The maximum atomic E-state index is 10.6. The molecule has 0 aliphatic heterocycles. The Balaban J connectivity index is 2.94. The van der Waals surface area contributed by atoms with Gasteiger partial charge in [-0.2, -0.15) is 5.10 Å². The average Bonchev–Trinajstić information content (AvgIpc) is 2.63. The van der Waals surface area contributed by atoms with Crippen LogP contribution in [0.3, 0.4) is 0 Å². The van der Waals surface area contributed by atoms with Crippen molar-refractivity contribution in [2.24, 2.45) is 0 Å². The van der Waals surface area contributed by atoms with Gasteiger partial charge in [-0.05, 0) is 0 Å². The van der Waals surface area contributed by atoms with Crippen LogP contribution in [0.2, 0.25) is 0 Å². The number of aliphatic hydroxyl groups is 2. The molecule has 7 heteroatoms. The predicted molar refractivity (Wildman–Crippen MR) is 47.2 cm³/mol. The highest BCUT2D eigenvalue weighted by molar-refractivity contribution is 6.18. The molecule has 78 valence electrons. The van der Waals surface area contributed by atoms with Crippen molar-refractivity contribution < 1.29 is 20.1 Å². The molecule has 0 bridgehead atoms. The van der Waals surface area contributed by atoms with E-state index in [0.717, 1.165) is 6.20 Å². The number of H-pyrrole nitrogens is 1. The maximum Gasteiger partial charge on any atom is 0.354 e. The van der Waals surface area contributed by atoms with E-state index in [0.29, 0.717) is 0 Å². The van der Waals surface area contributed by atoms with E-state index in [4.69, 9.17) is 16.7 Å². The number of aromatic nitrogens is 2. The molecule has 2 unspecified atom stereocenters. The van der Waals surface area contributed by atoms with Crippen LogP contribution in [0.5, 0.6) is 0 Å². The molecule has 0 amide bonds. The number of carbonyl (C=O) groups is 1. The summed E-state index contributed by atoms with van der Waals surface area (Å²) in [6.07, 6.45) is -1.42. The standard InChI is InChI=1S/C7H9ClN2O4/c8-1-4(11)6(12)3-2-9-10-5(3)7(13)14/h2,4,6,11-12H,1H2,(H,9,10)(H,13,14). The molecule has 0 aromatic carbocycles. The van der Waals surface area contributed by atoms with Crippen LogP contribution in [-0.2, 0) is 0 Å². The Morgan fingerprint density at radius 2 is 2.29 bits per heavy atom. The SMILES string of the molecule is O=C(O)c1[nH]ncc1C(O)C(O)CCl. The van der Waals surface area contributed by atoms with Crippen molar-refractivity contribution in [3.8, 4) is 0 Å². The second kappa shape index (κ2) is 4.41. The highest BCUT2D eigenvalue weighted by Gasteiger charge is 2.24. The minimum absolute atomic E-state index is 0.0191. The first-order valence-corrected chi connectivity index (χ1v) is 4.30. The van der Waals surface area contributed by atoms with E-state index in [2.05, 4.69) is 10.2 Å². The largest absolute Gasteiger partial charge is 0.477 e. The monoisotopic (exact) mass is 220 g/mol. The zero-order valence-corrected chi connectivity index (χ0v) is 7.77. The minimum Gasteiger partial charge on any atom is -0.477 e. The molecule has 2 atom stereocenters. The van der Waals surface area contributed by atoms with Crippen LogP contribution >= 0.6 is 11.6 Å². The molecule has 0 saturated heterocycles. The summed E-state index contributed by atoms with van der Waals surface area (Å²) in [5.41, 5.74) is -0.229. The number of nitrogens with one attached hydrogen (secondary N) is 1. The van der Waals surface area contributed by atoms with Gasteiger partial charge < -0.3 is 15.3 Å². The number of rotatable bonds is 4. The number of aromatic carboxylic acids is 1. The van der Waals surface area contributed by atoms with Crippen LogP contribution in [-0.4, -0.2) is 43.5 Å². The quantitative estimate of drug-likeness (QED) is 0.523. The topological polar surface area (TPSA) is 106 Å². The Bertz CT molecular complexity index is 327. The van der Waals surface area contributed by atoms with Crippen molar-refractivity contribution in [1.29, 1.82) is 0 Å². The van der Waals surface area contributed by atoms with Crippen LogP contribution in [0.15, 0.2) is 6.20 Å². The molecule has 1 rings (SSSR count). The number of alkyl halides is 1. The maximum absolute atomic E-state index is 10.6. The molecule has 0 aliphatic carbocycles. The van der Waals surface area contributed by atoms with Gasteiger partial charge in [-0.3, -0.25) is 5.10 Å². The van der Waals surface area contributed by atoms with E-state index < -0.39 is 18.2 Å². The van der Waals surface area contributed by atoms with Gasteiger partial charge >= 0.3 is 5.97 Å². The van der Waals surface area contributed by atoms with E-state index in [1.165, 1.54) is 0 Å². The van der Waals surface area contributed by atoms with Crippen molar-refractivity contribution in [3.63, 3.8) is 0 Å². The number of carboxylic acids is 1. The molecule has 1 aromatic rings. The van der Waals surface area contributed by atoms with Crippen LogP contribution in [0.25, 0.3) is 0 Å². The molecule has 14 heavy (non-hydrogen) atoms. The zero-order chi connectivity index (χ0) is 10.7. The van der Waals surface area contributed by atoms with E-state index >= 15 is 0 Å². The summed E-state index contributed by atoms with van der Waals surface area (Å²) in [5, 5.41) is 33.0. The Labute approximate surface area is 84.1 Å². The van der Waals surface area contributed by atoms with E-state index in [-0.39, 0.29) is 17.1 Å². The lowest BCUT2D eigenvalue weighted by molar-refractivity contribution is 0.0313. The van der Waals surface area contributed by atoms with Crippen LogP contribution in [0.1, 0.15) is 22.2 Å². The number of nitrogens with zero attached hydrogens (tertiary/aromatic N) is 1. The van der Waals surface area contributed by atoms with Crippen molar-refractivity contribution >= 4 is 17.6 Å². The fraction of sp³-hybridized carbons (Fsp3) is 0.429. The molecule has 1 heterocycles. The first kappa shape index (κ1) is 11.0. The fourth-order valence-electron chi connectivity index (χ4n) is 0.983. The van der Waals surface area contributed by atoms with Gasteiger partial charge in [0.15, 0.2) is 0 Å². The summed E-state index contributed by atoms with van der Waals surface area (Å²) < 4.78 is 0. The third-order valence-corrected chi connectivity index (χ3v) is 2.04. The lowest BCUT2D eigenvalue weighted by Crippen LogP contribution is -2.21. The molecule has 6 nitrogen and oxygen atoms in total. The Kier molecular flexibility index (Phi) is 3.45. The van der Waals surface area contributed by atoms with Crippen molar-refractivity contribution in [2.45, 2.75) is 12.2 Å². The number of carboxylic acid groups (broad SMARTS) is 1. The molecule has 4 N–H and O–H groups in total. The molecule has 0 spiro atoms. The van der Waals surface area contributed by atoms with Gasteiger partial charge in [-0.25, -0.2) is 4.79 Å². The van der Waals surface area contributed by atoms with Gasteiger partial charge in [0.05, 0.1) is 18.2 Å². The van der Waals surface area contributed by atoms with Crippen LogP contribution in [0.4, 0.5) is 0 Å². The molecular weight excluding hydrogens is 212 g/mol. The average molecular weight is 221 g/mol. The third-order valence-electron chi connectivity index (χ3n) is 1.72. The second-order valence-electron chi connectivity index (χ2n) is 2.67. The summed E-state index contributed by atoms with van der Waals surface area (Å²) in [7, 11) is 0. The van der Waals surface area contributed by atoms with Crippen molar-refractivity contribution in [2.75, 3.05) is 5.88 Å². The molecule has 0 aliphatic rings. The second-order valence-corrected chi connectivity index (χ2v) is 2.98. The number of hydrogen-bond acceptors (Lipinski definition) is 4. The number of hydrogen-bond donors (Lipinski definition) is 4. The summed E-state index contributed by atoms with van der Waals surface area (Å²) in [5.74, 6) is -1.44. The van der Waals surface area contributed by atoms with Gasteiger partial charge in [0, 0.05) is 5.56 Å². The minimum atomic E-state index is -1.35. The van der Waals surface area contributed by atoms with E-state index in [1.54, 1.807) is 0 Å². The van der Waals surface area contributed by atoms with Gasteiger partial charge in [-0.1, -0.05) is 0 Å². The summed E-state index contributed by atoms with van der Waals surface area (Å²) in [6, 6.07) is 0. The Morgan fingerprint density at radius 3 is 2.79 bits per heavy atom. The summed E-state index contributed by atoms with van der Waals surface area (Å²) >= 11 is 5.31. The molecule has 0 fully saturated rings. The molecule has 0 radical (unpaired) electrons. The smallest absolute Gasteiger partial charge is 0.354 e. The highest BCUT2D eigenvalue weighted by atomic mass is 35.5. The molecule has 1 aromatic heterocycles. The molecule has 0 saturated carbocycles. The van der Waals surface area contributed by atoms with Crippen LogP contribution in [0, 0.1) is 0 Å². The van der Waals surface area contributed by atoms with Crippen LogP contribution < -0.4 is 0 Å². The van der Waals surface area contributed by atoms with Gasteiger partial charge in [-0.15, -0.1) is 11.6 Å². The van der Waals surface area contributed by atoms with E-state index in [1.807, 2.05) is 0 Å². The summed E-state index contributed by atoms with van der Waals surface area (Å²) in [4.78, 5) is 10.6. The van der Waals surface area contributed by atoms with Gasteiger partial charge in [0.1, 0.15) is 11.8 Å².